The molecule has 1 aliphatic carbocycles. The van der Waals surface area contributed by atoms with Gasteiger partial charge in [0, 0.05) is 68.4 Å². The number of nitrogens with zero attached hydrogens (tertiary/aromatic N) is 4. The Labute approximate surface area is 207 Å². The van der Waals surface area contributed by atoms with Gasteiger partial charge in [0.15, 0.2) is 5.60 Å². The zero-order valence-corrected chi connectivity index (χ0v) is 20.0. The lowest BCUT2D eigenvalue weighted by Gasteiger charge is -2.35. The van der Waals surface area contributed by atoms with Crippen molar-refractivity contribution >= 4 is 23.7 Å². The number of amides is 2. The Morgan fingerprint density at radius 1 is 1.03 bits per heavy atom. The third-order valence-electron chi connectivity index (χ3n) is 8.04. The molecular weight excluding hydrogens is 467 g/mol. The van der Waals surface area contributed by atoms with Crippen molar-refractivity contribution in [3.05, 3.63) is 59.2 Å². The lowest BCUT2D eigenvalue weighted by atomic mass is 9.92. The summed E-state index contributed by atoms with van der Waals surface area (Å²) in [6.07, 6.45) is 4.46. The Balaban J connectivity index is 1.18. The van der Waals surface area contributed by atoms with Gasteiger partial charge in [-0.3, -0.25) is 9.78 Å². The summed E-state index contributed by atoms with van der Waals surface area (Å²) < 4.78 is 26.0. The fraction of sp³-hybridized carbons (Fsp3) is 0.462. The van der Waals surface area contributed by atoms with Crippen molar-refractivity contribution in [3.8, 4) is 0 Å². The number of carbonyl (C=O) groups is 3. The van der Waals surface area contributed by atoms with Crippen LogP contribution in [0, 0.1) is 5.82 Å². The van der Waals surface area contributed by atoms with Crippen molar-refractivity contribution in [2.75, 3.05) is 51.3 Å². The number of carbonyl (C=O) groups excluding carboxylic acids is 3. The van der Waals surface area contributed by atoms with Crippen LogP contribution in [0.3, 0.4) is 0 Å². The van der Waals surface area contributed by atoms with Crippen molar-refractivity contribution in [1.29, 1.82) is 0 Å². The first kappa shape index (κ1) is 22.8. The number of anilines is 1. The average Bonchev–Trinajstić information content (AvgIpc) is 3.52. The molecule has 0 N–H and O–H groups in total. The van der Waals surface area contributed by atoms with E-state index in [2.05, 4.69) is 4.98 Å². The molecule has 2 aromatic rings. The highest BCUT2D eigenvalue weighted by Crippen LogP contribution is 2.53. The maximum Gasteiger partial charge on any atom is 0.409 e. The first-order valence-electron chi connectivity index (χ1n) is 12.2. The van der Waals surface area contributed by atoms with Gasteiger partial charge in [0.2, 0.25) is 5.91 Å². The zero-order chi connectivity index (χ0) is 25.1. The quantitative estimate of drug-likeness (QED) is 0.606. The summed E-state index contributed by atoms with van der Waals surface area (Å²) in [5.41, 5.74) is 0.634. The Kier molecular flexibility index (Phi) is 5.17. The number of esters is 1. The van der Waals surface area contributed by atoms with E-state index >= 15 is 4.39 Å². The maximum absolute atomic E-state index is 15.4. The lowest BCUT2D eigenvalue weighted by molar-refractivity contribution is -0.134. The second kappa shape index (κ2) is 8.18. The van der Waals surface area contributed by atoms with Crippen molar-refractivity contribution in [1.82, 2.24) is 14.8 Å². The number of benzene rings is 1. The van der Waals surface area contributed by atoms with Gasteiger partial charge in [0.05, 0.1) is 24.6 Å². The molecule has 36 heavy (non-hydrogen) atoms. The molecule has 6 rings (SSSR count). The number of pyridine rings is 1. The van der Waals surface area contributed by atoms with Gasteiger partial charge in [-0.25, -0.2) is 14.0 Å². The van der Waals surface area contributed by atoms with Crippen LogP contribution >= 0.6 is 0 Å². The van der Waals surface area contributed by atoms with Crippen LogP contribution in [0.15, 0.2) is 36.7 Å². The van der Waals surface area contributed by atoms with Crippen LogP contribution in [-0.2, 0) is 25.3 Å². The average molecular weight is 495 g/mol. The largest absolute Gasteiger partial charge is 0.453 e. The molecule has 1 aromatic carbocycles. The summed E-state index contributed by atoms with van der Waals surface area (Å²) in [4.78, 5) is 47.1. The van der Waals surface area contributed by atoms with E-state index in [1.807, 2.05) is 11.0 Å². The molecule has 4 heterocycles. The normalized spacial score (nSPS) is 24.1. The minimum absolute atomic E-state index is 0.115. The fourth-order valence-electron chi connectivity index (χ4n) is 5.89. The third kappa shape index (κ3) is 3.42. The van der Waals surface area contributed by atoms with Crippen molar-refractivity contribution < 1.29 is 28.2 Å². The van der Waals surface area contributed by atoms with E-state index in [-0.39, 0.29) is 18.5 Å². The van der Waals surface area contributed by atoms with E-state index in [9.17, 15) is 14.4 Å². The van der Waals surface area contributed by atoms with E-state index < -0.39 is 22.8 Å². The van der Waals surface area contributed by atoms with Gasteiger partial charge in [-0.2, -0.15) is 0 Å². The Morgan fingerprint density at radius 3 is 2.50 bits per heavy atom. The standard InChI is InChI=1S/C26H27FN4O5/c1-35-24(34)30-12-10-29(11-13-30)17-2-3-20(21(27)14-17)25(5-6-25)23(33)31-9-7-26(16-31)19-4-8-28-15-18(19)22(32)36-26/h2-4,8,14-15H,5-7,9-13,16H2,1H3. The second-order valence-corrected chi connectivity index (χ2v) is 9.97. The topological polar surface area (TPSA) is 92.3 Å². The highest BCUT2D eigenvalue weighted by Gasteiger charge is 2.58. The molecule has 2 amide bonds. The van der Waals surface area contributed by atoms with Crippen LogP contribution in [0.2, 0.25) is 0 Å². The van der Waals surface area contributed by atoms with E-state index in [0.29, 0.717) is 63.1 Å². The summed E-state index contributed by atoms with van der Waals surface area (Å²) in [7, 11) is 1.36. The second-order valence-electron chi connectivity index (χ2n) is 9.97. The van der Waals surface area contributed by atoms with Crippen LogP contribution in [-0.4, -0.2) is 79.1 Å². The van der Waals surface area contributed by atoms with Crippen LogP contribution in [0.4, 0.5) is 14.9 Å². The Morgan fingerprint density at radius 2 is 1.81 bits per heavy atom. The van der Waals surface area contributed by atoms with Crippen LogP contribution in [0.1, 0.15) is 40.7 Å². The van der Waals surface area contributed by atoms with Gasteiger partial charge in [-0.1, -0.05) is 6.07 Å². The van der Waals surface area contributed by atoms with E-state index in [1.54, 1.807) is 28.1 Å². The summed E-state index contributed by atoms with van der Waals surface area (Å²) in [6, 6.07) is 6.85. The molecule has 188 valence electrons. The van der Waals surface area contributed by atoms with Gasteiger partial charge >= 0.3 is 12.1 Å². The van der Waals surface area contributed by atoms with Gasteiger partial charge in [0.1, 0.15) is 5.82 Å². The van der Waals surface area contributed by atoms with Gasteiger partial charge in [-0.05, 0) is 31.0 Å². The van der Waals surface area contributed by atoms with Gasteiger partial charge in [-0.15, -0.1) is 0 Å². The monoisotopic (exact) mass is 494 g/mol. The van der Waals surface area contributed by atoms with Crippen molar-refractivity contribution in [2.45, 2.75) is 30.3 Å². The maximum atomic E-state index is 15.4. The summed E-state index contributed by atoms with van der Waals surface area (Å²) in [5.74, 6) is -0.926. The van der Waals surface area contributed by atoms with Gasteiger partial charge < -0.3 is 24.2 Å². The van der Waals surface area contributed by atoms with Gasteiger partial charge in [0.25, 0.3) is 0 Å². The molecule has 1 atom stereocenters. The predicted octanol–water partition coefficient (Wildman–Crippen LogP) is 2.44. The number of halogens is 1. The molecule has 1 spiro atoms. The number of likely N-dealkylation sites (tertiary alicyclic amines) is 1. The van der Waals surface area contributed by atoms with Crippen LogP contribution < -0.4 is 4.90 Å². The number of fused-ring (bicyclic) bond motifs is 2. The zero-order valence-electron chi connectivity index (χ0n) is 20.0. The first-order chi connectivity index (χ1) is 17.4. The molecule has 4 aliphatic rings. The molecular formula is C26H27FN4O5. The highest BCUT2D eigenvalue weighted by atomic mass is 19.1. The Bertz CT molecular complexity index is 1260. The number of methoxy groups -OCH3 is 1. The number of hydrogen-bond acceptors (Lipinski definition) is 7. The smallest absolute Gasteiger partial charge is 0.409 e. The summed E-state index contributed by atoms with van der Waals surface area (Å²) >= 11 is 0. The molecule has 3 aliphatic heterocycles. The van der Waals surface area contributed by atoms with Crippen LogP contribution in [0.5, 0.6) is 0 Å². The third-order valence-corrected chi connectivity index (χ3v) is 8.04. The molecule has 1 saturated carbocycles. The number of ether oxygens (including phenoxy) is 2. The lowest BCUT2D eigenvalue weighted by Crippen LogP contribution is -2.48. The SMILES string of the molecule is COC(=O)N1CCN(c2ccc(C3(C(=O)N4CCC5(C4)OC(=O)c4cnccc45)CC3)c(F)c2)CC1. The minimum atomic E-state index is -0.874. The fourth-order valence-corrected chi connectivity index (χ4v) is 5.89. The molecule has 1 unspecified atom stereocenters. The molecule has 0 radical (unpaired) electrons. The summed E-state index contributed by atoms with van der Waals surface area (Å²) in [6.45, 7) is 2.85. The highest BCUT2D eigenvalue weighted by molar-refractivity contribution is 5.95. The van der Waals surface area contributed by atoms with Crippen molar-refractivity contribution in [3.63, 3.8) is 0 Å². The Hall–Kier alpha value is -3.69. The molecule has 9 nitrogen and oxygen atoms in total. The van der Waals surface area contributed by atoms with E-state index in [4.69, 9.17) is 9.47 Å². The van der Waals surface area contributed by atoms with Crippen LogP contribution in [0.25, 0.3) is 0 Å². The number of piperazine rings is 1. The van der Waals surface area contributed by atoms with Crippen molar-refractivity contribution in [2.24, 2.45) is 0 Å². The minimum Gasteiger partial charge on any atom is -0.453 e. The first-order valence-corrected chi connectivity index (χ1v) is 12.2. The number of rotatable bonds is 3. The van der Waals surface area contributed by atoms with E-state index in [0.717, 1.165) is 11.3 Å². The molecule has 3 fully saturated rings. The molecule has 1 aromatic heterocycles. The van der Waals surface area contributed by atoms with E-state index in [1.165, 1.54) is 19.4 Å². The molecule has 2 saturated heterocycles. The summed E-state index contributed by atoms with van der Waals surface area (Å²) in [5, 5.41) is 0. The molecule has 10 heteroatoms. The number of aromatic nitrogens is 1. The number of hydrogen-bond donors (Lipinski definition) is 0. The predicted molar refractivity (Wildman–Crippen MR) is 126 cm³/mol. The molecule has 0 bridgehead atoms.